The summed E-state index contributed by atoms with van der Waals surface area (Å²) in [5.74, 6) is -0.543. The Balaban J connectivity index is 1.73. The number of hydrogen-bond donors (Lipinski definition) is 0. The third-order valence-electron chi connectivity index (χ3n) is 5.03. The van der Waals surface area contributed by atoms with E-state index in [2.05, 4.69) is 0 Å². The van der Waals surface area contributed by atoms with Gasteiger partial charge in [-0.15, -0.1) is 0 Å². The Morgan fingerprint density at radius 1 is 1.12 bits per heavy atom. The maximum atomic E-state index is 13.6. The summed E-state index contributed by atoms with van der Waals surface area (Å²) in [7, 11) is 0. The summed E-state index contributed by atoms with van der Waals surface area (Å²) in [6.07, 6.45) is 2.77. The molecule has 2 aliphatic rings. The van der Waals surface area contributed by atoms with Crippen LogP contribution in [0, 0.1) is 18.7 Å². The second-order valence-corrected chi connectivity index (χ2v) is 8.32. The van der Waals surface area contributed by atoms with Gasteiger partial charge in [-0.3, -0.25) is 4.79 Å². The van der Waals surface area contributed by atoms with Gasteiger partial charge in [-0.2, -0.15) is 0 Å². The monoisotopic (exact) mass is 347 g/mol. The van der Waals surface area contributed by atoms with Crippen molar-refractivity contribution >= 4 is 11.9 Å². The number of carbonyl (C=O) groups is 2. The zero-order chi connectivity index (χ0) is 18.4. The summed E-state index contributed by atoms with van der Waals surface area (Å²) in [6, 6.07) is 4.56. The number of carbonyl (C=O) groups excluding carboxylic acids is 2. The lowest BCUT2D eigenvalue weighted by Gasteiger charge is -2.39. The molecule has 2 unspecified atom stereocenters. The molecule has 2 aliphatic heterocycles. The van der Waals surface area contributed by atoms with E-state index >= 15 is 0 Å². The summed E-state index contributed by atoms with van der Waals surface area (Å²) in [4.78, 5) is 27.1. The van der Waals surface area contributed by atoms with Crippen molar-refractivity contribution in [3.8, 4) is 0 Å². The molecular formula is C20H26FNO3. The molecule has 2 saturated heterocycles. The Hall–Kier alpha value is -1.91. The minimum absolute atomic E-state index is 0.0108. The summed E-state index contributed by atoms with van der Waals surface area (Å²) in [6.45, 7) is 7.36. The SMILES string of the molecule is Cc1cc(F)cc(C(=O)C2CC3CCC(C2)N3C(=O)OC(C)(C)C)c1. The second-order valence-electron chi connectivity index (χ2n) is 8.32. The number of benzene rings is 1. The molecule has 0 radical (unpaired) electrons. The average molecular weight is 347 g/mol. The number of aryl methyl sites for hydroxylation is 1. The minimum atomic E-state index is -0.526. The fourth-order valence-corrected chi connectivity index (χ4v) is 4.12. The van der Waals surface area contributed by atoms with E-state index < -0.39 is 5.60 Å². The number of hydrogen-bond acceptors (Lipinski definition) is 3. The van der Waals surface area contributed by atoms with Gasteiger partial charge in [0.1, 0.15) is 11.4 Å². The van der Waals surface area contributed by atoms with Crippen molar-refractivity contribution in [1.29, 1.82) is 0 Å². The molecule has 0 saturated carbocycles. The Bertz CT molecular complexity index is 660. The number of ketones is 1. The number of piperidine rings is 1. The maximum Gasteiger partial charge on any atom is 0.410 e. The topological polar surface area (TPSA) is 46.6 Å². The van der Waals surface area contributed by atoms with Crippen molar-refractivity contribution in [2.24, 2.45) is 5.92 Å². The number of nitrogens with zero attached hydrogens (tertiary/aromatic N) is 1. The lowest BCUT2D eigenvalue weighted by atomic mass is 9.84. The smallest absolute Gasteiger partial charge is 0.410 e. The van der Waals surface area contributed by atoms with Gasteiger partial charge in [-0.25, -0.2) is 9.18 Å². The molecule has 2 atom stereocenters. The summed E-state index contributed by atoms with van der Waals surface area (Å²) < 4.78 is 19.1. The first kappa shape index (κ1) is 17.9. The van der Waals surface area contributed by atoms with Gasteiger partial charge in [0.15, 0.2) is 5.78 Å². The van der Waals surface area contributed by atoms with Crippen molar-refractivity contribution in [2.75, 3.05) is 0 Å². The highest BCUT2D eigenvalue weighted by Crippen LogP contribution is 2.40. The van der Waals surface area contributed by atoms with E-state index in [0.717, 1.165) is 18.4 Å². The van der Waals surface area contributed by atoms with Gasteiger partial charge in [-0.1, -0.05) is 0 Å². The zero-order valence-electron chi connectivity index (χ0n) is 15.3. The number of Topliss-reactive ketones (excluding diaryl/α,β-unsaturated/α-hetero) is 1. The molecule has 0 aromatic heterocycles. The highest BCUT2D eigenvalue weighted by Gasteiger charge is 2.46. The first-order chi connectivity index (χ1) is 11.6. The second kappa shape index (κ2) is 6.43. The van der Waals surface area contributed by atoms with Crippen LogP contribution in [0.3, 0.4) is 0 Å². The Kier molecular flexibility index (Phi) is 4.60. The number of halogens is 1. The van der Waals surface area contributed by atoms with Crippen LogP contribution in [0.25, 0.3) is 0 Å². The summed E-state index contributed by atoms with van der Waals surface area (Å²) in [5, 5.41) is 0. The van der Waals surface area contributed by atoms with E-state index in [-0.39, 0.29) is 35.7 Å². The summed E-state index contributed by atoms with van der Waals surface area (Å²) in [5.41, 5.74) is 0.660. The third kappa shape index (κ3) is 3.86. The number of ether oxygens (including phenoxy) is 1. The molecule has 1 aromatic carbocycles. The van der Waals surface area contributed by atoms with E-state index in [1.165, 1.54) is 12.1 Å². The van der Waals surface area contributed by atoms with Gasteiger partial charge in [-0.05, 0) is 77.1 Å². The molecular weight excluding hydrogens is 321 g/mol. The van der Waals surface area contributed by atoms with Crippen LogP contribution in [-0.2, 0) is 4.74 Å². The van der Waals surface area contributed by atoms with Crippen molar-refractivity contribution < 1.29 is 18.7 Å². The van der Waals surface area contributed by atoms with Crippen molar-refractivity contribution in [3.63, 3.8) is 0 Å². The molecule has 2 bridgehead atoms. The van der Waals surface area contributed by atoms with E-state index in [1.54, 1.807) is 13.0 Å². The molecule has 0 spiro atoms. The highest BCUT2D eigenvalue weighted by atomic mass is 19.1. The van der Waals surface area contributed by atoms with Crippen LogP contribution in [-0.4, -0.2) is 34.5 Å². The van der Waals surface area contributed by atoms with Crippen LogP contribution < -0.4 is 0 Å². The van der Waals surface area contributed by atoms with Crippen LogP contribution in [0.1, 0.15) is 62.4 Å². The predicted octanol–water partition coefficient (Wildman–Crippen LogP) is 4.49. The molecule has 136 valence electrons. The van der Waals surface area contributed by atoms with E-state index in [0.29, 0.717) is 18.4 Å². The normalized spacial score (nSPS) is 25.8. The van der Waals surface area contributed by atoms with Gasteiger partial charge in [0, 0.05) is 23.6 Å². The van der Waals surface area contributed by atoms with Crippen LogP contribution in [0.15, 0.2) is 18.2 Å². The molecule has 3 rings (SSSR count). The van der Waals surface area contributed by atoms with Crippen LogP contribution in [0.5, 0.6) is 0 Å². The molecule has 25 heavy (non-hydrogen) atoms. The average Bonchev–Trinajstić information content (AvgIpc) is 2.74. The zero-order valence-corrected chi connectivity index (χ0v) is 15.3. The van der Waals surface area contributed by atoms with Gasteiger partial charge in [0.05, 0.1) is 0 Å². The molecule has 5 heteroatoms. The molecule has 4 nitrogen and oxygen atoms in total. The Labute approximate surface area is 148 Å². The lowest BCUT2D eigenvalue weighted by molar-refractivity contribution is 0.00254. The molecule has 2 fully saturated rings. The fourth-order valence-electron chi connectivity index (χ4n) is 4.12. The maximum absolute atomic E-state index is 13.6. The van der Waals surface area contributed by atoms with E-state index in [1.807, 2.05) is 25.7 Å². The fraction of sp³-hybridized carbons (Fsp3) is 0.600. The first-order valence-corrected chi connectivity index (χ1v) is 8.97. The molecule has 1 amide bonds. The standard InChI is InChI=1S/C20H26FNO3/c1-12-7-13(9-15(21)8-12)18(23)14-10-16-5-6-17(11-14)22(16)19(24)25-20(2,3)4/h7-9,14,16-17H,5-6,10-11H2,1-4H3. The molecule has 2 heterocycles. The first-order valence-electron chi connectivity index (χ1n) is 8.97. The van der Waals surface area contributed by atoms with Crippen molar-refractivity contribution in [1.82, 2.24) is 4.90 Å². The predicted molar refractivity (Wildman–Crippen MR) is 93.1 cm³/mol. The van der Waals surface area contributed by atoms with Gasteiger partial charge >= 0.3 is 6.09 Å². The minimum Gasteiger partial charge on any atom is -0.444 e. The van der Waals surface area contributed by atoms with Gasteiger partial charge in [0.25, 0.3) is 0 Å². The lowest BCUT2D eigenvalue weighted by Crippen LogP contribution is -2.49. The molecule has 0 N–H and O–H groups in total. The molecule has 0 aliphatic carbocycles. The van der Waals surface area contributed by atoms with Gasteiger partial charge < -0.3 is 9.64 Å². The highest BCUT2D eigenvalue weighted by molar-refractivity contribution is 5.98. The number of fused-ring (bicyclic) bond motifs is 2. The van der Waals surface area contributed by atoms with Crippen molar-refractivity contribution in [3.05, 3.63) is 35.1 Å². The van der Waals surface area contributed by atoms with Crippen LogP contribution in [0.4, 0.5) is 9.18 Å². The van der Waals surface area contributed by atoms with Crippen LogP contribution >= 0.6 is 0 Å². The summed E-state index contributed by atoms with van der Waals surface area (Å²) >= 11 is 0. The Morgan fingerprint density at radius 2 is 1.72 bits per heavy atom. The molecule has 1 aromatic rings. The third-order valence-corrected chi connectivity index (χ3v) is 5.03. The number of rotatable bonds is 2. The number of amides is 1. The van der Waals surface area contributed by atoms with Gasteiger partial charge in [0.2, 0.25) is 0 Å². The van der Waals surface area contributed by atoms with E-state index in [4.69, 9.17) is 4.74 Å². The van der Waals surface area contributed by atoms with Crippen LogP contribution in [0.2, 0.25) is 0 Å². The van der Waals surface area contributed by atoms with Crippen molar-refractivity contribution in [2.45, 2.75) is 71.1 Å². The quantitative estimate of drug-likeness (QED) is 0.740. The largest absolute Gasteiger partial charge is 0.444 e. The Morgan fingerprint density at radius 3 is 2.24 bits per heavy atom. The van der Waals surface area contributed by atoms with E-state index in [9.17, 15) is 14.0 Å².